The minimum atomic E-state index is -3.91. The Balaban J connectivity index is 1.18. The van der Waals surface area contributed by atoms with Gasteiger partial charge >= 0.3 is 0 Å². The molecule has 0 saturated carbocycles. The third-order valence-electron chi connectivity index (χ3n) is 7.65. The summed E-state index contributed by atoms with van der Waals surface area (Å²) >= 11 is 5.96. The van der Waals surface area contributed by atoms with Gasteiger partial charge in [0, 0.05) is 37.2 Å². The largest absolute Gasteiger partial charge is 0.389 e. The smallest absolute Gasteiger partial charge is 0.243 e. The normalized spacial score (nSPS) is 28.8. The number of rotatable bonds is 7. The van der Waals surface area contributed by atoms with Crippen molar-refractivity contribution in [2.45, 2.75) is 67.5 Å². The number of hydrogen-bond acceptors (Lipinski definition) is 7. The molecular formula is C28H36ClN3O6S. The summed E-state index contributed by atoms with van der Waals surface area (Å²) in [6.07, 6.45) is 0.319. The molecule has 5 rings (SSSR count). The zero-order valence-corrected chi connectivity index (χ0v) is 23.4. The van der Waals surface area contributed by atoms with E-state index in [1.165, 1.54) is 34.1 Å². The minimum absolute atomic E-state index is 0.00549. The molecule has 2 aromatic carbocycles. The molecule has 11 heteroatoms. The van der Waals surface area contributed by atoms with Gasteiger partial charge in [0.25, 0.3) is 0 Å². The number of carbonyl (C=O) groups excluding carboxylic acids is 1. The first-order valence-corrected chi connectivity index (χ1v) is 15.3. The second kappa shape index (κ2) is 12.6. The third kappa shape index (κ3) is 7.18. The van der Waals surface area contributed by atoms with E-state index in [1.54, 1.807) is 0 Å². The van der Waals surface area contributed by atoms with E-state index in [1.807, 2.05) is 18.2 Å². The summed E-state index contributed by atoms with van der Waals surface area (Å²) in [5, 5.41) is 14.0. The number of aliphatic hydroxyl groups excluding tert-OH is 1. The number of sulfonamides is 1. The zero-order chi connectivity index (χ0) is 27.4. The average molecular weight is 578 g/mol. The summed E-state index contributed by atoms with van der Waals surface area (Å²) < 4.78 is 40.4. The monoisotopic (exact) mass is 577 g/mol. The van der Waals surface area contributed by atoms with Gasteiger partial charge in [0.1, 0.15) is 0 Å². The van der Waals surface area contributed by atoms with Crippen LogP contribution in [0.5, 0.6) is 0 Å². The fraction of sp³-hybridized carbons (Fsp3) is 0.536. The Kier molecular flexibility index (Phi) is 9.23. The van der Waals surface area contributed by atoms with E-state index in [9.17, 15) is 18.3 Å². The van der Waals surface area contributed by atoms with E-state index in [4.69, 9.17) is 21.1 Å². The Hall–Kier alpha value is -2.05. The summed E-state index contributed by atoms with van der Waals surface area (Å²) in [5.41, 5.74) is 1.26. The molecule has 0 aliphatic carbocycles. The van der Waals surface area contributed by atoms with Crippen LogP contribution in [0.3, 0.4) is 0 Å². The Morgan fingerprint density at radius 3 is 2.56 bits per heavy atom. The SMILES string of the molecule is O=C(C[C@@H]1CC[C@H]2[C@@H](COC[C@@H](O)CN2S(=O)(=O)c2ccc(Cl)cc2)O1)N[C@@H]1CCN(Cc2ccccc2)C1. The number of benzene rings is 2. The number of ether oxygens (including phenoxy) is 2. The molecule has 0 aromatic heterocycles. The van der Waals surface area contributed by atoms with Crippen molar-refractivity contribution in [3.63, 3.8) is 0 Å². The zero-order valence-electron chi connectivity index (χ0n) is 21.8. The van der Waals surface area contributed by atoms with Crippen molar-refractivity contribution in [1.82, 2.24) is 14.5 Å². The number of nitrogens with zero attached hydrogens (tertiary/aromatic N) is 2. The molecule has 2 aromatic rings. The molecular weight excluding hydrogens is 542 g/mol. The molecule has 5 atom stereocenters. The van der Waals surface area contributed by atoms with Crippen LogP contribution >= 0.6 is 11.6 Å². The van der Waals surface area contributed by atoms with Crippen molar-refractivity contribution in [3.05, 3.63) is 65.2 Å². The van der Waals surface area contributed by atoms with Gasteiger partial charge in [-0.3, -0.25) is 9.69 Å². The molecule has 9 nitrogen and oxygen atoms in total. The highest BCUT2D eigenvalue weighted by Crippen LogP contribution is 2.32. The van der Waals surface area contributed by atoms with Gasteiger partial charge in [-0.15, -0.1) is 0 Å². The minimum Gasteiger partial charge on any atom is -0.389 e. The fourth-order valence-electron chi connectivity index (χ4n) is 5.74. The number of fused-ring (bicyclic) bond motifs is 1. The van der Waals surface area contributed by atoms with Crippen molar-refractivity contribution in [1.29, 1.82) is 0 Å². The third-order valence-corrected chi connectivity index (χ3v) is 9.81. The fourth-order valence-corrected chi connectivity index (χ4v) is 7.58. The molecule has 0 unspecified atom stereocenters. The second-order valence-electron chi connectivity index (χ2n) is 10.6. The molecule has 3 aliphatic rings. The van der Waals surface area contributed by atoms with E-state index in [0.29, 0.717) is 17.9 Å². The van der Waals surface area contributed by atoms with E-state index in [2.05, 4.69) is 22.3 Å². The first-order valence-electron chi connectivity index (χ1n) is 13.5. The number of amides is 1. The first kappa shape index (κ1) is 28.5. The summed E-state index contributed by atoms with van der Waals surface area (Å²) in [7, 11) is -3.91. The lowest BCUT2D eigenvalue weighted by molar-refractivity contribution is -0.146. The standard InChI is InChI=1S/C28H36ClN3O6S/c29-21-6-9-25(10-7-21)39(35,36)32-17-23(33)18-37-19-27-26(32)11-8-24(38-27)14-28(34)30-22-12-13-31(16-22)15-20-4-2-1-3-5-20/h1-7,9-10,22-24,26-27,33H,8,11-19H2,(H,30,34)/t22-,23+,24+,26+,27-/m1/s1. The van der Waals surface area contributed by atoms with Crippen LogP contribution in [0.15, 0.2) is 59.5 Å². The molecule has 3 heterocycles. The molecule has 39 heavy (non-hydrogen) atoms. The summed E-state index contributed by atoms with van der Waals surface area (Å²) in [6, 6.07) is 15.9. The van der Waals surface area contributed by atoms with Crippen molar-refractivity contribution in [2.24, 2.45) is 0 Å². The van der Waals surface area contributed by atoms with Crippen LogP contribution in [0.2, 0.25) is 5.02 Å². The van der Waals surface area contributed by atoms with E-state index in [-0.39, 0.29) is 49.1 Å². The van der Waals surface area contributed by atoms with Gasteiger partial charge in [-0.2, -0.15) is 4.31 Å². The number of likely N-dealkylation sites (tertiary alicyclic amines) is 1. The maximum Gasteiger partial charge on any atom is 0.243 e. The van der Waals surface area contributed by atoms with Gasteiger partial charge in [-0.05, 0) is 49.1 Å². The van der Waals surface area contributed by atoms with Gasteiger partial charge < -0.3 is 19.9 Å². The Morgan fingerprint density at radius 1 is 1.03 bits per heavy atom. The second-order valence-corrected chi connectivity index (χ2v) is 13.0. The van der Waals surface area contributed by atoms with Crippen LogP contribution in [0.4, 0.5) is 0 Å². The topological polar surface area (TPSA) is 108 Å². The highest BCUT2D eigenvalue weighted by molar-refractivity contribution is 7.89. The number of hydrogen-bond donors (Lipinski definition) is 2. The lowest BCUT2D eigenvalue weighted by atomic mass is 9.96. The number of carbonyl (C=O) groups is 1. The van der Waals surface area contributed by atoms with Crippen LogP contribution in [-0.2, 0) is 30.8 Å². The molecule has 3 saturated heterocycles. The van der Waals surface area contributed by atoms with Gasteiger partial charge in [-0.1, -0.05) is 41.9 Å². The number of nitrogens with one attached hydrogen (secondary N) is 1. The van der Waals surface area contributed by atoms with Crippen molar-refractivity contribution < 1.29 is 27.8 Å². The molecule has 0 radical (unpaired) electrons. The van der Waals surface area contributed by atoms with Gasteiger partial charge in [0.15, 0.2) is 0 Å². The van der Waals surface area contributed by atoms with Crippen LogP contribution in [0.25, 0.3) is 0 Å². The van der Waals surface area contributed by atoms with Crippen LogP contribution in [0.1, 0.15) is 31.2 Å². The summed E-state index contributed by atoms with van der Waals surface area (Å²) in [5.74, 6) is -0.0576. The lowest BCUT2D eigenvalue weighted by Crippen LogP contribution is -2.57. The molecule has 0 spiro atoms. The van der Waals surface area contributed by atoms with Gasteiger partial charge in [0.05, 0.1) is 48.9 Å². The lowest BCUT2D eigenvalue weighted by Gasteiger charge is -2.43. The van der Waals surface area contributed by atoms with Crippen molar-refractivity contribution in [3.8, 4) is 0 Å². The Morgan fingerprint density at radius 2 is 1.79 bits per heavy atom. The number of β-amino-alcohol motifs (C(OH)–C–C–N with tert-alkyl or cyclic N) is 1. The van der Waals surface area contributed by atoms with E-state index < -0.39 is 28.3 Å². The van der Waals surface area contributed by atoms with Crippen LogP contribution in [-0.4, -0.2) is 91.9 Å². The predicted octanol–water partition coefficient (Wildman–Crippen LogP) is 2.42. The van der Waals surface area contributed by atoms with Gasteiger partial charge in [0.2, 0.25) is 15.9 Å². The highest BCUT2D eigenvalue weighted by atomic mass is 35.5. The molecule has 0 bridgehead atoms. The number of halogens is 1. The molecule has 1 amide bonds. The molecule has 2 N–H and O–H groups in total. The molecule has 212 valence electrons. The van der Waals surface area contributed by atoms with Crippen LogP contribution in [0, 0.1) is 0 Å². The highest BCUT2D eigenvalue weighted by Gasteiger charge is 2.43. The number of aliphatic hydroxyl groups is 1. The maximum atomic E-state index is 13.6. The Bertz CT molecular complexity index is 1220. The Labute approximate surface area is 235 Å². The quantitative estimate of drug-likeness (QED) is 0.520. The predicted molar refractivity (Wildman–Crippen MR) is 147 cm³/mol. The van der Waals surface area contributed by atoms with Crippen molar-refractivity contribution >= 4 is 27.5 Å². The van der Waals surface area contributed by atoms with E-state index >= 15 is 0 Å². The first-order chi connectivity index (χ1) is 18.8. The molecule has 3 aliphatic heterocycles. The average Bonchev–Trinajstić information content (AvgIpc) is 3.33. The molecule has 3 fully saturated rings. The van der Waals surface area contributed by atoms with Crippen molar-refractivity contribution in [2.75, 3.05) is 32.8 Å². The maximum absolute atomic E-state index is 13.6. The van der Waals surface area contributed by atoms with Crippen LogP contribution < -0.4 is 5.32 Å². The summed E-state index contributed by atoms with van der Waals surface area (Å²) in [4.78, 5) is 15.4. The van der Waals surface area contributed by atoms with Gasteiger partial charge in [-0.25, -0.2) is 8.42 Å². The summed E-state index contributed by atoms with van der Waals surface area (Å²) in [6.45, 7) is 2.66. The van der Waals surface area contributed by atoms with E-state index in [0.717, 1.165) is 26.1 Å².